The van der Waals surface area contributed by atoms with Crippen LogP contribution < -0.4 is 5.32 Å². The number of benzene rings is 3. The number of hydrogen-bond acceptors (Lipinski definition) is 2. The number of hydrogen-bond donors (Lipinski definition) is 1. The van der Waals surface area contributed by atoms with E-state index < -0.39 is 17.8 Å². The maximum Gasteiger partial charge on any atom is 0.329 e. The van der Waals surface area contributed by atoms with E-state index in [1.165, 1.54) is 17.2 Å². The Morgan fingerprint density at radius 1 is 0.909 bits per heavy atom. The Balaban J connectivity index is 1.46. The van der Waals surface area contributed by atoms with Crippen LogP contribution in [0.5, 0.6) is 0 Å². The zero-order valence-electron chi connectivity index (χ0n) is 18.1. The molecule has 0 radical (unpaired) electrons. The second-order valence-electron chi connectivity index (χ2n) is 8.19. The van der Waals surface area contributed by atoms with E-state index in [-0.39, 0.29) is 17.8 Å². The summed E-state index contributed by atoms with van der Waals surface area (Å²) in [4.78, 5) is 26.4. The van der Waals surface area contributed by atoms with Crippen molar-refractivity contribution >= 4 is 28.9 Å². The zero-order chi connectivity index (χ0) is 22.9. The van der Waals surface area contributed by atoms with Crippen molar-refractivity contribution in [1.29, 1.82) is 0 Å². The molecule has 33 heavy (non-hydrogen) atoms. The molecule has 2 heterocycles. The maximum absolute atomic E-state index is 14.0. The number of amides is 3. The monoisotopic (exact) mass is 439 g/mol. The highest BCUT2D eigenvalue weighted by Gasteiger charge is 2.34. The normalized spacial score (nSPS) is 15.0. The van der Waals surface area contributed by atoms with Crippen molar-refractivity contribution in [2.75, 3.05) is 0 Å². The standard InChI is InChI=1S/C27H22FN3O2/c1-18-10-12-19(13-11-18)15-30-16-21(22-7-3-5-9-25(22)30)14-24-26(32)31(27(33)29-24)17-20-6-2-4-8-23(20)28/h2-14,16H,15,17H2,1H3,(H,29,33). The third kappa shape index (κ3) is 4.03. The molecule has 0 aliphatic carbocycles. The molecule has 0 bridgehead atoms. The summed E-state index contributed by atoms with van der Waals surface area (Å²) < 4.78 is 16.2. The molecule has 164 valence electrons. The van der Waals surface area contributed by atoms with Crippen molar-refractivity contribution in [3.05, 3.63) is 113 Å². The van der Waals surface area contributed by atoms with Crippen LogP contribution >= 0.6 is 0 Å². The first-order valence-electron chi connectivity index (χ1n) is 10.7. The lowest BCUT2D eigenvalue weighted by Gasteiger charge is -2.12. The van der Waals surface area contributed by atoms with Gasteiger partial charge in [-0.25, -0.2) is 9.18 Å². The molecule has 1 aliphatic rings. The number of fused-ring (bicyclic) bond motifs is 1. The number of aryl methyl sites for hydroxylation is 1. The summed E-state index contributed by atoms with van der Waals surface area (Å²) in [6.07, 6.45) is 3.67. The highest BCUT2D eigenvalue weighted by atomic mass is 19.1. The molecule has 5 nitrogen and oxygen atoms in total. The number of rotatable bonds is 5. The van der Waals surface area contributed by atoms with Crippen molar-refractivity contribution in [3.63, 3.8) is 0 Å². The van der Waals surface area contributed by atoms with Gasteiger partial charge in [-0.1, -0.05) is 66.2 Å². The summed E-state index contributed by atoms with van der Waals surface area (Å²) in [6.45, 7) is 2.62. The van der Waals surface area contributed by atoms with E-state index in [1.54, 1.807) is 24.3 Å². The van der Waals surface area contributed by atoms with Gasteiger partial charge in [0.15, 0.2) is 0 Å². The number of nitrogens with one attached hydrogen (secondary N) is 1. The van der Waals surface area contributed by atoms with E-state index in [9.17, 15) is 14.0 Å². The Kier molecular flexibility index (Phi) is 5.26. The van der Waals surface area contributed by atoms with Gasteiger partial charge in [0.1, 0.15) is 11.5 Å². The minimum absolute atomic E-state index is 0.121. The Morgan fingerprint density at radius 2 is 1.64 bits per heavy atom. The summed E-state index contributed by atoms with van der Waals surface area (Å²) >= 11 is 0. The Morgan fingerprint density at radius 3 is 2.42 bits per heavy atom. The average Bonchev–Trinajstić information content (AvgIpc) is 3.29. The van der Waals surface area contributed by atoms with Crippen LogP contribution in [0, 0.1) is 12.7 Å². The van der Waals surface area contributed by atoms with Crippen LogP contribution in [0.3, 0.4) is 0 Å². The van der Waals surface area contributed by atoms with Crippen LogP contribution in [0.1, 0.15) is 22.3 Å². The number of carbonyl (C=O) groups is 2. The summed E-state index contributed by atoms with van der Waals surface area (Å²) in [7, 11) is 0. The molecule has 0 spiro atoms. The molecule has 3 amide bonds. The van der Waals surface area contributed by atoms with Gasteiger partial charge in [0, 0.05) is 34.8 Å². The molecule has 1 saturated heterocycles. The third-order valence-electron chi connectivity index (χ3n) is 5.84. The molecule has 4 aromatic rings. The Bertz CT molecular complexity index is 1400. The first-order valence-corrected chi connectivity index (χ1v) is 10.7. The summed E-state index contributed by atoms with van der Waals surface area (Å²) in [6, 6.07) is 21.9. The third-order valence-corrected chi connectivity index (χ3v) is 5.84. The second-order valence-corrected chi connectivity index (χ2v) is 8.19. The van der Waals surface area contributed by atoms with Gasteiger partial charge < -0.3 is 9.88 Å². The summed E-state index contributed by atoms with van der Waals surface area (Å²) in [5.74, 6) is -0.923. The summed E-state index contributed by atoms with van der Waals surface area (Å²) in [5, 5.41) is 3.62. The van der Waals surface area contributed by atoms with Crippen molar-refractivity contribution in [2.45, 2.75) is 20.0 Å². The van der Waals surface area contributed by atoms with Crippen LogP contribution in [0.15, 0.2) is 84.7 Å². The number of para-hydroxylation sites is 1. The van der Waals surface area contributed by atoms with E-state index >= 15 is 0 Å². The molecule has 1 N–H and O–H groups in total. The van der Waals surface area contributed by atoms with Crippen molar-refractivity contribution in [1.82, 2.24) is 14.8 Å². The largest absolute Gasteiger partial charge is 0.342 e. The number of imide groups is 1. The SMILES string of the molecule is Cc1ccc(Cn2cc(C=C3NC(=O)N(Cc4ccccc4F)C3=O)c3ccccc32)cc1. The van der Waals surface area contributed by atoms with Crippen molar-refractivity contribution in [3.8, 4) is 0 Å². The van der Waals surface area contributed by atoms with Gasteiger partial charge in [-0.2, -0.15) is 0 Å². The topological polar surface area (TPSA) is 54.3 Å². The van der Waals surface area contributed by atoms with Gasteiger partial charge in [-0.15, -0.1) is 0 Å². The number of urea groups is 1. The first-order chi connectivity index (χ1) is 16.0. The highest BCUT2D eigenvalue weighted by molar-refractivity contribution is 6.14. The fourth-order valence-electron chi connectivity index (χ4n) is 4.08. The van der Waals surface area contributed by atoms with Gasteiger partial charge in [0.25, 0.3) is 5.91 Å². The average molecular weight is 439 g/mol. The van der Waals surface area contributed by atoms with Crippen LogP contribution in [-0.4, -0.2) is 21.4 Å². The minimum Gasteiger partial charge on any atom is -0.342 e. The lowest BCUT2D eigenvalue weighted by Crippen LogP contribution is -2.30. The number of aromatic nitrogens is 1. The number of halogens is 1. The van der Waals surface area contributed by atoms with E-state index in [0.29, 0.717) is 6.54 Å². The fraction of sp³-hybridized carbons (Fsp3) is 0.111. The van der Waals surface area contributed by atoms with Crippen LogP contribution in [-0.2, 0) is 17.9 Å². The lowest BCUT2D eigenvalue weighted by atomic mass is 10.1. The predicted octanol–water partition coefficient (Wildman–Crippen LogP) is 5.23. The van der Waals surface area contributed by atoms with E-state index in [2.05, 4.69) is 41.1 Å². The van der Waals surface area contributed by atoms with Crippen molar-refractivity contribution < 1.29 is 14.0 Å². The number of carbonyl (C=O) groups excluding carboxylic acids is 2. The van der Waals surface area contributed by atoms with Gasteiger partial charge in [-0.05, 0) is 30.7 Å². The van der Waals surface area contributed by atoms with Crippen LogP contribution in [0.2, 0.25) is 0 Å². The molecular formula is C27H22FN3O2. The van der Waals surface area contributed by atoms with Crippen LogP contribution in [0.4, 0.5) is 9.18 Å². The molecule has 3 aromatic carbocycles. The van der Waals surface area contributed by atoms with E-state index in [0.717, 1.165) is 21.4 Å². The first kappa shape index (κ1) is 20.7. The van der Waals surface area contributed by atoms with Gasteiger partial charge in [-0.3, -0.25) is 9.69 Å². The molecule has 1 fully saturated rings. The lowest BCUT2D eigenvalue weighted by molar-refractivity contribution is -0.123. The molecular weight excluding hydrogens is 417 g/mol. The quantitative estimate of drug-likeness (QED) is 0.342. The smallest absolute Gasteiger partial charge is 0.329 e. The van der Waals surface area contributed by atoms with Gasteiger partial charge >= 0.3 is 6.03 Å². The maximum atomic E-state index is 14.0. The van der Waals surface area contributed by atoms with Gasteiger partial charge in [0.05, 0.1) is 6.54 Å². The molecule has 0 unspecified atom stereocenters. The predicted molar refractivity (Wildman–Crippen MR) is 126 cm³/mol. The van der Waals surface area contributed by atoms with Crippen molar-refractivity contribution in [2.24, 2.45) is 0 Å². The van der Waals surface area contributed by atoms with Gasteiger partial charge in [0.2, 0.25) is 0 Å². The summed E-state index contributed by atoms with van der Waals surface area (Å²) in [5.41, 5.74) is 4.70. The van der Waals surface area contributed by atoms with E-state index in [4.69, 9.17) is 0 Å². The molecule has 5 rings (SSSR count). The fourth-order valence-corrected chi connectivity index (χ4v) is 4.08. The molecule has 0 saturated carbocycles. The number of nitrogens with zero attached hydrogens (tertiary/aromatic N) is 2. The Labute approximate surface area is 190 Å². The zero-order valence-corrected chi connectivity index (χ0v) is 18.1. The second kappa shape index (κ2) is 8.39. The molecule has 6 heteroatoms. The molecule has 1 aromatic heterocycles. The van der Waals surface area contributed by atoms with Crippen LogP contribution in [0.25, 0.3) is 17.0 Å². The molecule has 0 atom stereocenters. The van der Waals surface area contributed by atoms with E-state index in [1.807, 2.05) is 30.5 Å². The molecule has 1 aliphatic heterocycles. The Hall–Kier alpha value is -4.19. The highest BCUT2D eigenvalue weighted by Crippen LogP contribution is 2.26. The minimum atomic E-state index is -0.558.